The van der Waals surface area contributed by atoms with Gasteiger partial charge in [0, 0.05) is 23.5 Å². The molecule has 0 saturated carbocycles. The molecule has 0 atom stereocenters. The molecule has 1 aromatic heterocycles. The molecule has 3 rings (SSSR count). The van der Waals surface area contributed by atoms with Gasteiger partial charge in [-0.1, -0.05) is 28.1 Å². The van der Waals surface area contributed by atoms with Crippen LogP contribution in [0.25, 0.3) is 11.0 Å². The molecule has 5 nitrogen and oxygen atoms in total. The molecule has 6 heteroatoms. The summed E-state index contributed by atoms with van der Waals surface area (Å²) in [5.41, 5.74) is 2.36. The van der Waals surface area contributed by atoms with Crippen molar-refractivity contribution in [3.05, 3.63) is 58.3 Å². The van der Waals surface area contributed by atoms with Crippen LogP contribution in [0.2, 0.25) is 0 Å². The van der Waals surface area contributed by atoms with E-state index in [0.717, 1.165) is 32.6 Å². The van der Waals surface area contributed by atoms with Crippen LogP contribution in [0, 0.1) is 5.41 Å². The number of carbonyl (C=O) groups is 1. The van der Waals surface area contributed by atoms with Crippen molar-refractivity contribution in [2.24, 2.45) is 5.41 Å². The van der Waals surface area contributed by atoms with E-state index in [0.29, 0.717) is 19.6 Å². The first-order valence-corrected chi connectivity index (χ1v) is 10.1. The molecule has 0 spiro atoms. The maximum Gasteiger partial charge on any atom is 0.311 e. The van der Waals surface area contributed by atoms with E-state index in [4.69, 9.17) is 14.5 Å². The van der Waals surface area contributed by atoms with Crippen molar-refractivity contribution in [1.29, 1.82) is 0 Å². The first-order valence-electron chi connectivity index (χ1n) is 9.29. The summed E-state index contributed by atoms with van der Waals surface area (Å²) in [4.78, 5) is 17.2. The van der Waals surface area contributed by atoms with Crippen LogP contribution >= 0.6 is 15.9 Å². The summed E-state index contributed by atoms with van der Waals surface area (Å²) in [6.45, 7) is 6.66. The number of methoxy groups -OCH3 is 1. The minimum Gasteiger partial charge on any atom is -0.497 e. The van der Waals surface area contributed by atoms with E-state index in [1.54, 1.807) is 7.11 Å². The number of carbonyl (C=O) groups excluding carboxylic acids is 1. The Morgan fingerprint density at radius 3 is 2.54 bits per heavy atom. The molecule has 1 heterocycles. The highest BCUT2D eigenvalue weighted by Crippen LogP contribution is 2.28. The number of benzene rings is 2. The van der Waals surface area contributed by atoms with Gasteiger partial charge in [0.1, 0.15) is 11.6 Å². The summed E-state index contributed by atoms with van der Waals surface area (Å²) >= 11 is 3.48. The van der Waals surface area contributed by atoms with Gasteiger partial charge in [-0.05, 0) is 50.6 Å². The van der Waals surface area contributed by atoms with Crippen molar-refractivity contribution >= 4 is 32.9 Å². The molecular weight excluding hydrogens is 420 g/mol. The average molecular weight is 445 g/mol. The van der Waals surface area contributed by atoms with E-state index >= 15 is 0 Å². The Labute approximate surface area is 173 Å². The third-order valence-electron chi connectivity index (χ3n) is 4.72. The van der Waals surface area contributed by atoms with Crippen molar-refractivity contribution in [2.45, 2.75) is 33.7 Å². The van der Waals surface area contributed by atoms with Gasteiger partial charge >= 0.3 is 5.97 Å². The number of hydrogen-bond donors (Lipinski definition) is 0. The molecule has 0 fully saturated rings. The highest BCUT2D eigenvalue weighted by Gasteiger charge is 2.32. The number of esters is 1. The highest BCUT2D eigenvalue weighted by atomic mass is 79.9. The predicted molar refractivity (Wildman–Crippen MR) is 114 cm³/mol. The van der Waals surface area contributed by atoms with E-state index in [-0.39, 0.29) is 5.97 Å². The van der Waals surface area contributed by atoms with Crippen LogP contribution in [0.4, 0.5) is 0 Å². The molecule has 0 radical (unpaired) electrons. The van der Waals surface area contributed by atoms with Gasteiger partial charge in [-0.15, -0.1) is 0 Å². The largest absolute Gasteiger partial charge is 0.497 e. The van der Waals surface area contributed by atoms with Crippen LogP contribution in [-0.2, 0) is 22.5 Å². The van der Waals surface area contributed by atoms with Crippen molar-refractivity contribution < 1.29 is 14.3 Å². The van der Waals surface area contributed by atoms with Gasteiger partial charge in [0.25, 0.3) is 0 Å². The molecule has 0 aliphatic carbocycles. The van der Waals surface area contributed by atoms with Crippen LogP contribution in [-0.4, -0.2) is 29.2 Å². The maximum absolute atomic E-state index is 12.4. The van der Waals surface area contributed by atoms with Crippen molar-refractivity contribution in [3.8, 4) is 5.75 Å². The zero-order valence-corrected chi connectivity index (χ0v) is 18.2. The molecule has 0 aliphatic rings. The number of aromatic nitrogens is 2. The topological polar surface area (TPSA) is 53.4 Å². The maximum atomic E-state index is 12.4. The van der Waals surface area contributed by atoms with Crippen molar-refractivity contribution in [2.75, 3.05) is 13.7 Å². The van der Waals surface area contributed by atoms with E-state index in [2.05, 4.69) is 32.6 Å². The molecule has 0 unspecified atom stereocenters. The zero-order valence-electron chi connectivity index (χ0n) is 16.7. The van der Waals surface area contributed by atoms with E-state index in [1.165, 1.54) is 0 Å². The normalized spacial score (nSPS) is 11.6. The molecular formula is C22H25BrN2O3. The Morgan fingerprint density at radius 1 is 1.18 bits per heavy atom. The lowest BCUT2D eigenvalue weighted by Gasteiger charge is -2.22. The molecule has 2 aromatic carbocycles. The monoisotopic (exact) mass is 444 g/mol. The molecule has 28 heavy (non-hydrogen) atoms. The smallest absolute Gasteiger partial charge is 0.311 e. The van der Waals surface area contributed by atoms with E-state index in [1.807, 2.05) is 51.1 Å². The van der Waals surface area contributed by atoms with Gasteiger partial charge in [-0.2, -0.15) is 0 Å². The van der Waals surface area contributed by atoms with Crippen LogP contribution in [0.1, 0.15) is 32.2 Å². The van der Waals surface area contributed by atoms with Crippen molar-refractivity contribution in [1.82, 2.24) is 9.55 Å². The lowest BCUT2D eigenvalue weighted by molar-refractivity contribution is -0.153. The summed E-state index contributed by atoms with van der Waals surface area (Å²) in [6, 6.07) is 14.1. The first-order chi connectivity index (χ1) is 13.3. The minimum absolute atomic E-state index is 0.213. The number of rotatable bonds is 7. The molecule has 0 amide bonds. The number of imidazole rings is 1. The highest BCUT2D eigenvalue weighted by molar-refractivity contribution is 9.10. The summed E-state index contributed by atoms with van der Waals surface area (Å²) in [5, 5.41) is 0. The van der Waals surface area contributed by atoms with Gasteiger partial charge < -0.3 is 14.0 Å². The zero-order chi connectivity index (χ0) is 20.3. The van der Waals surface area contributed by atoms with Gasteiger partial charge in [0.05, 0.1) is 30.2 Å². The fraction of sp³-hybridized carbons (Fsp3) is 0.364. The molecule has 0 bridgehead atoms. The lowest BCUT2D eigenvalue weighted by atomic mass is 9.89. The second-order valence-corrected chi connectivity index (χ2v) is 8.29. The van der Waals surface area contributed by atoms with Gasteiger partial charge in [0.2, 0.25) is 0 Å². The quantitative estimate of drug-likeness (QED) is 0.481. The number of nitrogens with zero attached hydrogens (tertiary/aromatic N) is 2. The molecule has 148 valence electrons. The third kappa shape index (κ3) is 4.38. The molecule has 0 N–H and O–H groups in total. The van der Waals surface area contributed by atoms with Gasteiger partial charge in [-0.3, -0.25) is 4.79 Å². The SMILES string of the molecule is CCOC(=O)C(C)(C)Cc1nc2cc(OC)ccc2n1Cc1ccc(Br)cc1. The van der Waals surface area contributed by atoms with Crippen molar-refractivity contribution in [3.63, 3.8) is 0 Å². The average Bonchev–Trinajstić information content (AvgIpc) is 2.99. The van der Waals surface area contributed by atoms with Gasteiger partial charge in [-0.25, -0.2) is 4.98 Å². The minimum atomic E-state index is -0.668. The molecule has 0 aliphatic heterocycles. The molecule has 3 aromatic rings. The third-order valence-corrected chi connectivity index (χ3v) is 5.25. The summed E-state index contributed by atoms with van der Waals surface area (Å²) in [5.74, 6) is 1.40. The van der Waals surface area contributed by atoms with Crippen LogP contribution in [0.15, 0.2) is 46.9 Å². The van der Waals surface area contributed by atoms with Crippen LogP contribution in [0.5, 0.6) is 5.75 Å². The number of hydrogen-bond acceptors (Lipinski definition) is 4. The second kappa shape index (κ2) is 8.35. The Morgan fingerprint density at radius 2 is 1.89 bits per heavy atom. The fourth-order valence-corrected chi connectivity index (χ4v) is 3.43. The van der Waals surface area contributed by atoms with E-state index in [9.17, 15) is 4.79 Å². The van der Waals surface area contributed by atoms with Crippen LogP contribution in [0.3, 0.4) is 0 Å². The first kappa shape index (κ1) is 20.4. The number of ether oxygens (including phenoxy) is 2. The summed E-state index contributed by atoms with van der Waals surface area (Å²) < 4.78 is 13.8. The Balaban J connectivity index is 2.04. The summed E-state index contributed by atoms with van der Waals surface area (Å²) in [6.07, 6.45) is 0.485. The van der Waals surface area contributed by atoms with E-state index < -0.39 is 5.41 Å². The number of halogens is 1. The number of fused-ring (bicyclic) bond motifs is 1. The Hall–Kier alpha value is -2.34. The Bertz CT molecular complexity index is 977. The standard InChI is InChI=1S/C22H25BrN2O3/c1-5-28-21(26)22(2,3)13-20-24-18-12-17(27-4)10-11-19(18)25(20)14-15-6-8-16(23)9-7-15/h6-12H,5,13-14H2,1-4H3. The predicted octanol–water partition coefficient (Wildman–Crippen LogP) is 4.99. The van der Waals surface area contributed by atoms with Crippen LogP contribution < -0.4 is 4.74 Å². The Kier molecular flexibility index (Phi) is 6.08. The lowest BCUT2D eigenvalue weighted by Crippen LogP contribution is -2.30. The second-order valence-electron chi connectivity index (χ2n) is 7.38. The summed E-state index contributed by atoms with van der Waals surface area (Å²) in [7, 11) is 1.64. The fourth-order valence-electron chi connectivity index (χ4n) is 3.16. The molecule has 0 saturated heterocycles. The van der Waals surface area contributed by atoms with Gasteiger partial charge in [0.15, 0.2) is 0 Å².